The molecular formula is C17H23IN2O2S. The van der Waals surface area contributed by atoms with Crippen molar-refractivity contribution >= 4 is 46.9 Å². The molecule has 6 heteroatoms. The molecule has 1 unspecified atom stereocenters. The first-order chi connectivity index (χ1) is 10.6. The van der Waals surface area contributed by atoms with Gasteiger partial charge in [0.25, 0.3) is 0 Å². The van der Waals surface area contributed by atoms with Crippen LogP contribution in [-0.4, -0.2) is 35.4 Å². The first-order valence-corrected chi connectivity index (χ1v) is 8.45. The van der Waals surface area contributed by atoms with Gasteiger partial charge in [-0.25, -0.2) is 9.79 Å². The van der Waals surface area contributed by atoms with E-state index in [2.05, 4.69) is 6.92 Å². The van der Waals surface area contributed by atoms with Crippen LogP contribution in [0.3, 0.4) is 0 Å². The number of carbonyl (C=O) groups is 1. The predicted molar refractivity (Wildman–Crippen MR) is 107 cm³/mol. The summed E-state index contributed by atoms with van der Waals surface area (Å²) in [6.45, 7) is 6.23. The molecule has 0 saturated carbocycles. The molecule has 0 aliphatic carbocycles. The van der Waals surface area contributed by atoms with Crippen LogP contribution in [0.4, 0.5) is 0 Å². The zero-order valence-corrected chi connectivity index (χ0v) is 17.1. The number of nitrogens with zero attached hydrogens (tertiary/aromatic N) is 2. The number of esters is 1. The van der Waals surface area contributed by atoms with Crippen molar-refractivity contribution in [2.24, 2.45) is 4.99 Å². The Morgan fingerprint density at radius 2 is 1.96 bits per heavy atom. The highest BCUT2D eigenvalue weighted by Gasteiger charge is 2.32. The average molecular weight is 446 g/mol. The van der Waals surface area contributed by atoms with Gasteiger partial charge in [0.05, 0.1) is 12.2 Å². The van der Waals surface area contributed by atoms with Crippen molar-refractivity contribution in [3.05, 3.63) is 47.2 Å². The Hall–Kier alpha value is -1.02. The third kappa shape index (κ3) is 4.50. The lowest BCUT2D eigenvalue weighted by Crippen LogP contribution is -2.32. The predicted octanol–water partition coefficient (Wildman–Crippen LogP) is 4.24. The second-order valence-corrected chi connectivity index (χ2v) is 6.17. The molecule has 0 aromatic heterocycles. The number of amidine groups is 1. The number of halogens is 1. The van der Waals surface area contributed by atoms with E-state index in [9.17, 15) is 4.79 Å². The number of aliphatic imine (C=N–C) groups is 1. The lowest BCUT2D eigenvalue weighted by atomic mass is 9.96. The Kier molecular flexibility index (Phi) is 8.11. The molecule has 126 valence electrons. The topological polar surface area (TPSA) is 41.9 Å². The highest BCUT2D eigenvalue weighted by Crippen LogP contribution is 2.35. The van der Waals surface area contributed by atoms with E-state index >= 15 is 0 Å². The number of benzene rings is 1. The molecule has 23 heavy (non-hydrogen) atoms. The van der Waals surface area contributed by atoms with Crippen LogP contribution in [0.5, 0.6) is 0 Å². The summed E-state index contributed by atoms with van der Waals surface area (Å²) >= 11 is 1.68. The Labute approximate surface area is 159 Å². The van der Waals surface area contributed by atoms with Crippen molar-refractivity contribution in [1.29, 1.82) is 0 Å². The fourth-order valence-corrected chi connectivity index (χ4v) is 3.16. The number of hydrogen-bond acceptors (Lipinski definition) is 5. The van der Waals surface area contributed by atoms with Crippen molar-refractivity contribution < 1.29 is 9.53 Å². The fourth-order valence-electron chi connectivity index (χ4n) is 2.39. The second kappa shape index (κ2) is 9.32. The zero-order valence-electron chi connectivity index (χ0n) is 13.9. The van der Waals surface area contributed by atoms with E-state index in [1.54, 1.807) is 11.8 Å². The molecule has 1 aromatic rings. The smallest absolute Gasteiger partial charge is 0.338 e. The molecule has 2 rings (SSSR count). The van der Waals surface area contributed by atoms with E-state index in [4.69, 9.17) is 9.73 Å². The van der Waals surface area contributed by atoms with Gasteiger partial charge in [-0.1, -0.05) is 49.0 Å². The minimum absolute atomic E-state index is 0. The highest BCUT2D eigenvalue weighted by atomic mass is 127. The SMILES string of the molecule is CCOC(=O)C1=C(C)N(C)C(SCC)=NC1c1ccccc1.I. The number of hydrogen-bond donors (Lipinski definition) is 0. The summed E-state index contributed by atoms with van der Waals surface area (Å²) in [6.07, 6.45) is 0. The first kappa shape index (κ1) is 20.0. The molecule has 1 heterocycles. The molecule has 4 nitrogen and oxygen atoms in total. The number of thioether (sulfide) groups is 1. The van der Waals surface area contributed by atoms with Gasteiger partial charge < -0.3 is 9.64 Å². The normalized spacial score (nSPS) is 17.5. The maximum atomic E-state index is 12.4. The molecule has 1 aromatic carbocycles. The molecule has 0 spiro atoms. The van der Waals surface area contributed by atoms with E-state index in [0.717, 1.165) is 22.2 Å². The van der Waals surface area contributed by atoms with Crippen molar-refractivity contribution in [1.82, 2.24) is 4.90 Å². The van der Waals surface area contributed by atoms with Gasteiger partial charge in [-0.3, -0.25) is 0 Å². The third-order valence-electron chi connectivity index (χ3n) is 3.58. The largest absolute Gasteiger partial charge is 0.463 e. The first-order valence-electron chi connectivity index (χ1n) is 7.47. The molecule has 1 atom stereocenters. The van der Waals surface area contributed by atoms with E-state index in [1.807, 2.05) is 56.1 Å². The van der Waals surface area contributed by atoms with E-state index in [1.165, 1.54) is 0 Å². The zero-order chi connectivity index (χ0) is 16.1. The van der Waals surface area contributed by atoms with Gasteiger partial charge in [-0.15, -0.1) is 24.0 Å². The molecule has 0 radical (unpaired) electrons. The second-order valence-electron chi connectivity index (χ2n) is 4.94. The number of ether oxygens (including phenoxy) is 1. The standard InChI is InChI=1S/C17H22N2O2S.HI/c1-5-21-16(20)14-12(3)19(4)17(22-6-2)18-15(14)13-10-8-7-9-11-13;/h7-11,15H,5-6H2,1-4H3;1H. The Morgan fingerprint density at radius 3 is 2.52 bits per heavy atom. The van der Waals surface area contributed by atoms with Crippen LogP contribution in [0.25, 0.3) is 0 Å². The molecule has 0 amide bonds. The van der Waals surface area contributed by atoms with Gasteiger partial charge >= 0.3 is 5.97 Å². The number of rotatable bonds is 4. The van der Waals surface area contributed by atoms with Gasteiger partial charge in [0, 0.05) is 12.7 Å². The Balaban J connectivity index is 0.00000264. The van der Waals surface area contributed by atoms with Crippen molar-refractivity contribution in [2.75, 3.05) is 19.4 Å². The maximum absolute atomic E-state index is 12.4. The fraction of sp³-hybridized carbons (Fsp3) is 0.412. The van der Waals surface area contributed by atoms with E-state index < -0.39 is 0 Å². The lowest BCUT2D eigenvalue weighted by molar-refractivity contribution is -0.139. The highest BCUT2D eigenvalue weighted by molar-refractivity contribution is 14.0. The molecular weight excluding hydrogens is 423 g/mol. The quantitative estimate of drug-likeness (QED) is 0.513. The third-order valence-corrected chi connectivity index (χ3v) is 4.50. The lowest BCUT2D eigenvalue weighted by Gasteiger charge is -2.31. The van der Waals surface area contributed by atoms with Gasteiger partial charge in [0.2, 0.25) is 0 Å². The van der Waals surface area contributed by atoms with Crippen molar-refractivity contribution in [3.8, 4) is 0 Å². The van der Waals surface area contributed by atoms with Crippen molar-refractivity contribution in [3.63, 3.8) is 0 Å². The Morgan fingerprint density at radius 1 is 1.30 bits per heavy atom. The summed E-state index contributed by atoms with van der Waals surface area (Å²) in [6, 6.07) is 9.60. The monoisotopic (exact) mass is 446 g/mol. The summed E-state index contributed by atoms with van der Waals surface area (Å²) in [5, 5.41) is 0.932. The number of allylic oxidation sites excluding steroid dienone is 1. The van der Waals surface area contributed by atoms with Crippen LogP contribution in [-0.2, 0) is 9.53 Å². The minimum atomic E-state index is -0.300. The van der Waals surface area contributed by atoms with Gasteiger partial charge in [-0.05, 0) is 25.2 Å². The van der Waals surface area contributed by atoms with Crippen molar-refractivity contribution in [2.45, 2.75) is 26.8 Å². The molecule has 0 N–H and O–H groups in total. The molecule has 0 saturated heterocycles. The van der Waals surface area contributed by atoms with Crippen LogP contribution >= 0.6 is 35.7 Å². The van der Waals surface area contributed by atoms with Gasteiger partial charge in [0.15, 0.2) is 5.17 Å². The van der Waals surface area contributed by atoms with Crippen LogP contribution in [0, 0.1) is 0 Å². The van der Waals surface area contributed by atoms with E-state index in [-0.39, 0.29) is 36.0 Å². The van der Waals surface area contributed by atoms with Gasteiger partial charge in [-0.2, -0.15) is 0 Å². The molecule has 0 fully saturated rings. The summed E-state index contributed by atoms with van der Waals surface area (Å²) < 4.78 is 5.25. The van der Waals surface area contributed by atoms with Crippen LogP contribution in [0.15, 0.2) is 46.6 Å². The van der Waals surface area contributed by atoms with Crippen LogP contribution in [0.2, 0.25) is 0 Å². The molecule has 1 aliphatic rings. The number of carbonyl (C=O) groups excluding carboxylic acids is 1. The summed E-state index contributed by atoms with van der Waals surface area (Å²) in [5.74, 6) is 0.650. The summed E-state index contributed by atoms with van der Waals surface area (Å²) in [4.78, 5) is 19.2. The molecule has 1 aliphatic heterocycles. The summed E-state index contributed by atoms with van der Waals surface area (Å²) in [7, 11) is 1.94. The molecule has 0 bridgehead atoms. The van der Waals surface area contributed by atoms with Gasteiger partial charge in [0.1, 0.15) is 6.04 Å². The van der Waals surface area contributed by atoms with Crippen LogP contribution < -0.4 is 0 Å². The maximum Gasteiger partial charge on any atom is 0.338 e. The van der Waals surface area contributed by atoms with Crippen LogP contribution in [0.1, 0.15) is 32.4 Å². The Bertz CT molecular complexity index is 602. The van der Waals surface area contributed by atoms with E-state index in [0.29, 0.717) is 12.2 Å². The average Bonchev–Trinajstić information content (AvgIpc) is 2.52. The minimum Gasteiger partial charge on any atom is -0.463 e. The summed E-state index contributed by atoms with van der Waals surface area (Å²) in [5.41, 5.74) is 2.53.